The van der Waals surface area contributed by atoms with Gasteiger partial charge in [0.05, 0.1) is 12.0 Å². The first-order valence-corrected chi connectivity index (χ1v) is 5.72. The SMILES string of the molecule is CCOC(=O)C1(c2cccc(N)c2)CCC1. The van der Waals surface area contributed by atoms with Crippen LogP contribution in [0.1, 0.15) is 31.7 Å². The normalized spacial score (nSPS) is 17.6. The highest BCUT2D eigenvalue weighted by molar-refractivity contribution is 5.84. The molecule has 0 radical (unpaired) electrons. The molecule has 16 heavy (non-hydrogen) atoms. The van der Waals surface area contributed by atoms with Crippen LogP contribution >= 0.6 is 0 Å². The number of hydrogen-bond donors (Lipinski definition) is 1. The van der Waals surface area contributed by atoms with Crippen molar-refractivity contribution in [3.63, 3.8) is 0 Å². The summed E-state index contributed by atoms with van der Waals surface area (Å²) in [6.45, 7) is 2.27. The molecule has 0 saturated heterocycles. The monoisotopic (exact) mass is 219 g/mol. The maximum absolute atomic E-state index is 12.0. The molecule has 0 aliphatic heterocycles. The number of nitrogen functional groups attached to an aromatic ring is 1. The average molecular weight is 219 g/mol. The van der Waals surface area contributed by atoms with Crippen molar-refractivity contribution in [2.45, 2.75) is 31.6 Å². The van der Waals surface area contributed by atoms with Gasteiger partial charge in [0.2, 0.25) is 0 Å². The summed E-state index contributed by atoms with van der Waals surface area (Å²) in [4.78, 5) is 12.0. The van der Waals surface area contributed by atoms with Crippen LogP contribution in [-0.2, 0) is 14.9 Å². The Kier molecular flexibility index (Phi) is 2.86. The van der Waals surface area contributed by atoms with E-state index in [1.54, 1.807) is 0 Å². The van der Waals surface area contributed by atoms with Crippen molar-refractivity contribution in [2.24, 2.45) is 0 Å². The standard InChI is InChI=1S/C13H17NO2/c1-2-16-12(15)13(7-4-8-13)10-5-3-6-11(14)9-10/h3,5-6,9H,2,4,7-8,14H2,1H3. The molecule has 1 aliphatic rings. The third-order valence-corrected chi connectivity index (χ3v) is 3.31. The van der Waals surface area contributed by atoms with Gasteiger partial charge in [0, 0.05) is 5.69 Å². The molecule has 3 nitrogen and oxygen atoms in total. The predicted molar refractivity (Wildman–Crippen MR) is 63.0 cm³/mol. The van der Waals surface area contributed by atoms with Crippen LogP contribution < -0.4 is 5.73 Å². The Bertz CT molecular complexity index is 397. The highest BCUT2D eigenvalue weighted by atomic mass is 16.5. The van der Waals surface area contributed by atoms with Crippen LogP contribution in [0.25, 0.3) is 0 Å². The quantitative estimate of drug-likeness (QED) is 0.626. The Hall–Kier alpha value is -1.51. The van der Waals surface area contributed by atoms with Crippen molar-refractivity contribution in [3.05, 3.63) is 29.8 Å². The Morgan fingerprint density at radius 2 is 2.25 bits per heavy atom. The summed E-state index contributed by atoms with van der Waals surface area (Å²) in [5.41, 5.74) is 7.03. The van der Waals surface area contributed by atoms with Crippen LogP contribution in [0.4, 0.5) is 5.69 Å². The van der Waals surface area contributed by atoms with Crippen molar-refractivity contribution in [2.75, 3.05) is 12.3 Å². The molecule has 2 N–H and O–H groups in total. The number of esters is 1. The fraction of sp³-hybridized carbons (Fsp3) is 0.462. The van der Waals surface area contributed by atoms with Crippen LogP contribution in [0, 0.1) is 0 Å². The minimum absolute atomic E-state index is 0.105. The molecule has 0 spiro atoms. The van der Waals surface area contributed by atoms with Crippen molar-refractivity contribution in [1.29, 1.82) is 0 Å². The van der Waals surface area contributed by atoms with E-state index in [9.17, 15) is 4.79 Å². The molecule has 1 fully saturated rings. The zero-order valence-electron chi connectivity index (χ0n) is 9.53. The van der Waals surface area contributed by atoms with Crippen molar-refractivity contribution < 1.29 is 9.53 Å². The van der Waals surface area contributed by atoms with Gasteiger partial charge >= 0.3 is 5.97 Å². The van der Waals surface area contributed by atoms with Crippen LogP contribution in [0.3, 0.4) is 0 Å². The second-order valence-electron chi connectivity index (χ2n) is 4.28. The van der Waals surface area contributed by atoms with Gasteiger partial charge in [-0.1, -0.05) is 18.6 Å². The van der Waals surface area contributed by atoms with Gasteiger partial charge in [-0.25, -0.2) is 0 Å². The molecule has 0 atom stereocenters. The van der Waals surface area contributed by atoms with Crippen LogP contribution in [0.2, 0.25) is 0 Å². The maximum Gasteiger partial charge on any atom is 0.316 e. The minimum Gasteiger partial charge on any atom is -0.465 e. The second-order valence-corrected chi connectivity index (χ2v) is 4.28. The summed E-state index contributed by atoms with van der Waals surface area (Å²) in [5, 5.41) is 0. The summed E-state index contributed by atoms with van der Waals surface area (Å²) < 4.78 is 5.16. The lowest BCUT2D eigenvalue weighted by Gasteiger charge is -2.39. The summed E-state index contributed by atoms with van der Waals surface area (Å²) in [6, 6.07) is 7.58. The van der Waals surface area contributed by atoms with Gasteiger partial charge in [-0.05, 0) is 37.5 Å². The Balaban J connectivity index is 2.31. The van der Waals surface area contributed by atoms with Crippen molar-refractivity contribution >= 4 is 11.7 Å². The largest absolute Gasteiger partial charge is 0.465 e. The van der Waals surface area contributed by atoms with E-state index in [1.165, 1.54) is 0 Å². The Labute approximate surface area is 95.6 Å². The molecule has 2 rings (SSSR count). The lowest BCUT2D eigenvalue weighted by Crippen LogP contribution is -2.43. The number of ether oxygens (including phenoxy) is 1. The zero-order chi connectivity index (χ0) is 11.6. The summed E-state index contributed by atoms with van der Waals surface area (Å²) >= 11 is 0. The number of anilines is 1. The number of nitrogens with two attached hydrogens (primary N) is 1. The van der Waals surface area contributed by atoms with Gasteiger partial charge in [0.1, 0.15) is 0 Å². The Morgan fingerprint density at radius 1 is 1.50 bits per heavy atom. The highest BCUT2D eigenvalue weighted by Crippen LogP contribution is 2.45. The van der Waals surface area contributed by atoms with E-state index in [-0.39, 0.29) is 5.97 Å². The lowest BCUT2D eigenvalue weighted by atomic mass is 9.64. The average Bonchev–Trinajstić information content (AvgIpc) is 2.16. The summed E-state index contributed by atoms with van der Waals surface area (Å²) in [6.07, 6.45) is 2.82. The van der Waals surface area contributed by atoms with E-state index in [0.29, 0.717) is 12.3 Å². The van der Waals surface area contributed by atoms with Gasteiger partial charge in [-0.2, -0.15) is 0 Å². The van der Waals surface area contributed by atoms with Gasteiger partial charge in [-0.3, -0.25) is 4.79 Å². The molecule has 1 aliphatic carbocycles. The molecule has 1 saturated carbocycles. The molecule has 3 heteroatoms. The zero-order valence-corrected chi connectivity index (χ0v) is 9.53. The molecular formula is C13H17NO2. The fourth-order valence-electron chi connectivity index (χ4n) is 2.25. The molecule has 86 valence electrons. The van der Waals surface area contributed by atoms with Gasteiger partial charge < -0.3 is 10.5 Å². The molecule has 0 amide bonds. The lowest BCUT2D eigenvalue weighted by molar-refractivity contribution is -0.153. The minimum atomic E-state index is -0.425. The number of hydrogen-bond acceptors (Lipinski definition) is 3. The second kappa shape index (κ2) is 4.16. The number of carbonyl (C=O) groups excluding carboxylic acids is 1. The molecule has 0 unspecified atom stereocenters. The van der Waals surface area contributed by atoms with Gasteiger partial charge in [0.15, 0.2) is 0 Å². The first-order valence-electron chi connectivity index (χ1n) is 5.72. The number of benzene rings is 1. The van der Waals surface area contributed by atoms with Crippen molar-refractivity contribution in [1.82, 2.24) is 0 Å². The highest BCUT2D eigenvalue weighted by Gasteiger charge is 2.46. The number of rotatable bonds is 3. The molecule has 0 heterocycles. The van der Waals surface area contributed by atoms with Crippen LogP contribution in [-0.4, -0.2) is 12.6 Å². The third-order valence-electron chi connectivity index (χ3n) is 3.31. The number of carbonyl (C=O) groups is 1. The topological polar surface area (TPSA) is 52.3 Å². The molecule has 1 aromatic carbocycles. The van der Waals surface area contributed by atoms with Gasteiger partial charge in [0.25, 0.3) is 0 Å². The van der Waals surface area contributed by atoms with Gasteiger partial charge in [-0.15, -0.1) is 0 Å². The van der Waals surface area contributed by atoms with Crippen LogP contribution in [0.15, 0.2) is 24.3 Å². The van der Waals surface area contributed by atoms with Crippen LogP contribution in [0.5, 0.6) is 0 Å². The third kappa shape index (κ3) is 1.66. The smallest absolute Gasteiger partial charge is 0.316 e. The van der Waals surface area contributed by atoms with E-state index >= 15 is 0 Å². The molecule has 1 aromatic rings. The summed E-state index contributed by atoms with van der Waals surface area (Å²) in [5.74, 6) is -0.105. The molecule has 0 bridgehead atoms. The van der Waals surface area contributed by atoms with E-state index in [2.05, 4.69) is 0 Å². The van der Waals surface area contributed by atoms with E-state index in [1.807, 2.05) is 31.2 Å². The van der Waals surface area contributed by atoms with E-state index in [0.717, 1.165) is 24.8 Å². The molecular weight excluding hydrogens is 202 g/mol. The van der Waals surface area contributed by atoms with E-state index < -0.39 is 5.41 Å². The van der Waals surface area contributed by atoms with Crippen molar-refractivity contribution in [3.8, 4) is 0 Å². The predicted octanol–water partition coefficient (Wildman–Crippen LogP) is 2.25. The maximum atomic E-state index is 12.0. The molecule has 0 aromatic heterocycles. The first kappa shape index (κ1) is 11.0. The summed E-state index contributed by atoms with van der Waals surface area (Å²) in [7, 11) is 0. The first-order chi connectivity index (χ1) is 7.69. The fourth-order valence-corrected chi connectivity index (χ4v) is 2.25. The van der Waals surface area contributed by atoms with E-state index in [4.69, 9.17) is 10.5 Å². The Morgan fingerprint density at radius 3 is 2.75 bits per heavy atom.